The first kappa shape index (κ1) is 14.9. The number of piperidine rings is 1. The molecular formula is C13H15FN2O3S. The average Bonchev–Trinajstić information content (AvgIpc) is 2.41. The molecule has 5 nitrogen and oxygen atoms in total. The molecule has 1 aromatic carbocycles. The number of hydrogen-bond donors (Lipinski definition) is 1. The highest BCUT2D eigenvalue weighted by atomic mass is 32.2. The van der Waals surface area contributed by atoms with Crippen LogP contribution in [-0.2, 0) is 15.8 Å². The minimum Gasteiger partial charge on any atom is -0.393 e. The van der Waals surface area contributed by atoms with Crippen LogP contribution in [0.15, 0.2) is 18.2 Å². The van der Waals surface area contributed by atoms with Gasteiger partial charge in [0, 0.05) is 18.7 Å². The Labute approximate surface area is 117 Å². The first-order valence-corrected chi connectivity index (χ1v) is 7.88. The minimum absolute atomic E-state index is 0.00447. The number of halogens is 1. The van der Waals surface area contributed by atoms with E-state index in [1.54, 1.807) is 0 Å². The predicted molar refractivity (Wildman–Crippen MR) is 70.6 cm³/mol. The van der Waals surface area contributed by atoms with Crippen LogP contribution in [-0.4, -0.2) is 37.0 Å². The van der Waals surface area contributed by atoms with E-state index in [0.29, 0.717) is 12.8 Å². The molecule has 0 unspecified atom stereocenters. The largest absolute Gasteiger partial charge is 0.393 e. The topological polar surface area (TPSA) is 81.4 Å². The quantitative estimate of drug-likeness (QED) is 0.902. The molecule has 1 N–H and O–H groups in total. The maximum atomic E-state index is 13.6. The third-order valence-electron chi connectivity index (χ3n) is 3.33. The van der Waals surface area contributed by atoms with E-state index in [2.05, 4.69) is 0 Å². The van der Waals surface area contributed by atoms with Gasteiger partial charge in [0.05, 0.1) is 23.5 Å². The van der Waals surface area contributed by atoms with Crippen LogP contribution in [0.2, 0.25) is 0 Å². The second-order valence-corrected chi connectivity index (χ2v) is 6.77. The molecule has 0 amide bonds. The Hall–Kier alpha value is -1.49. The van der Waals surface area contributed by atoms with Gasteiger partial charge in [-0.1, -0.05) is 0 Å². The van der Waals surface area contributed by atoms with Crippen molar-refractivity contribution in [2.24, 2.45) is 0 Å². The molecule has 1 aliphatic heterocycles. The van der Waals surface area contributed by atoms with Crippen molar-refractivity contribution in [1.29, 1.82) is 5.26 Å². The number of aliphatic hydroxyl groups is 1. The summed E-state index contributed by atoms with van der Waals surface area (Å²) in [6, 6.07) is 5.52. The standard InChI is InChI=1S/C13H15FN2O3S/c14-13-2-1-10(8-15)7-11(13)9-20(18,19)16-5-3-12(17)4-6-16/h1-2,7,12,17H,3-6,9H2. The van der Waals surface area contributed by atoms with Crippen molar-refractivity contribution in [3.05, 3.63) is 35.1 Å². The molecule has 0 radical (unpaired) electrons. The number of aliphatic hydroxyl groups excluding tert-OH is 1. The molecule has 0 bridgehead atoms. The fraction of sp³-hybridized carbons (Fsp3) is 0.462. The molecule has 0 spiro atoms. The molecule has 0 aliphatic carbocycles. The van der Waals surface area contributed by atoms with Gasteiger partial charge in [-0.3, -0.25) is 0 Å². The number of nitrogens with zero attached hydrogens (tertiary/aromatic N) is 2. The zero-order valence-electron chi connectivity index (χ0n) is 10.8. The molecule has 1 aliphatic rings. The smallest absolute Gasteiger partial charge is 0.218 e. The van der Waals surface area contributed by atoms with Gasteiger partial charge in [0.2, 0.25) is 10.0 Å². The number of rotatable bonds is 3. The molecule has 7 heteroatoms. The van der Waals surface area contributed by atoms with Gasteiger partial charge in [-0.25, -0.2) is 17.1 Å². The molecular weight excluding hydrogens is 283 g/mol. The van der Waals surface area contributed by atoms with Gasteiger partial charge in [-0.15, -0.1) is 0 Å². The van der Waals surface area contributed by atoms with Gasteiger partial charge < -0.3 is 5.11 Å². The van der Waals surface area contributed by atoms with Crippen LogP contribution in [0.4, 0.5) is 4.39 Å². The monoisotopic (exact) mass is 298 g/mol. The minimum atomic E-state index is -3.63. The van der Waals surface area contributed by atoms with E-state index in [0.717, 1.165) is 6.07 Å². The maximum Gasteiger partial charge on any atom is 0.218 e. The molecule has 108 valence electrons. The lowest BCUT2D eigenvalue weighted by Gasteiger charge is -2.28. The highest BCUT2D eigenvalue weighted by Crippen LogP contribution is 2.19. The molecule has 1 fully saturated rings. The van der Waals surface area contributed by atoms with Gasteiger partial charge in [0.15, 0.2) is 0 Å². The van der Waals surface area contributed by atoms with Crippen LogP contribution in [0.1, 0.15) is 24.0 Å². The molecule has 1 saturated heterocycles. The summed E-state index contributed by atoms with van der Waals surface area (Å²) >= 11 is 0. The van der Waals surface area contributed by atoms with Crippen LogP contribution in [0, 0.1) is 17.1 Å². The summed E-state index contributed by atoms with van der Waals surface area (Å²) in [6.45, 7) is 0.478. The van der Waals surface area contributed by atoms with Crippen LogP contribution in [0.5, 0.6) is 0 Å². The molecule has 0 aromatic heterocycles. The van der Waals surface area contributed by atoms with E-state index in [-0.39, 0.29) is 24.2 Å². The van der Waals surface area contributed by atoms with Crippen LogP contribution >= 0.6 is 0 Å². The number of hydrogen-bond acceptors (Lipinski definition) is 4. The third-order valence-corrected chi connectivity index (χ3v) is 5.16. The number of benzene rings is 1. The fourth-order valence-electron chi connectivity index (χ4n) is 2.16. The molecule has 2 rings (SSSR count). The maximum absolute atomic E-state index is 13.6. The van der Waals surface area contributed by atoms with Crippen LogP contribution in [0.3, 0.4) is 0 Å². The average molecular weight is 298 g/mol. The molecule has 0 saturated carbocycles. The Kier molecular flexibility index (Phi) is 4.38. The number of sulfonamides is 1. The van der Waals surface area contributed by atoms with Crippen molar-refractivity contribution in [3.8, 4) is 6.07 Å². The van der Waals surface area contributed by atoms with Crippen molar-refractivity contribution in [1.82, 2.24) is 4.31 Å². The van der Waals surface area contributed by atoms with Crippen molar-refractivity contribution in [2.75, 3.05) is 13.1 Å². The molecule has 1 aromatic rings. The Morgan fingerprint density at radius 3 is 2.65 bits per heavy atom. The van der Waals surface area contributed by atoms with E-state index in [9.17, 15) is 17.9 Å². The summed E-state index contributed by atoms with van der Waals surface area (Å²) in [5.41, 5.74) is 0.223. The summed E-state index contributed by atoms with van der Waals surface area (Å²) in [7, 11) is -3.63. The van der Waals surface area contributed by atoms with Gasteiger partial charge in [0.25, 0.3) is 0 Å². The summed E-state index contributed by atoms with van der Waals surface area (Å²) in [4.78, 5) is 0. The lowest BCUT2D eigenvalue weighted by Crippen LogP contribution is -2.40. The SMILES string of the molecule is N#Cc1ccc(F)c(CS(=O)(=O)N2CCC(O)CC2)c1. The third kappa shape index (κ3) is 3.33. The first-order valence-electron chi connectivity index (χ1n) is 6.27. The molecule has 1 heterocycles. The summed E-state index contributed by atoms with van der Waals surface area (Å²) in [5.74, 6) is -1.10. The highest BCUT2D eigenvalue weighted by molar-refractivity contribution is 7.88. The van der Waals surface area contributed by atoms with E-state index < -0.39 is 27.7 Å². The van der Waals surface area contributed by atoms with Gasteiger partial charge >= 0.3 is 0 Å². The van der Waals surface area contributed by atoms with E-state index >= 15 is 0 Å². The van der Waals surface area contributed by atoms with E-state index in [1.165, 1.54) is 16.4 Å². The molecule has 20 heavy (non-hydrogen) atoms. The van der Waals surface area contributed by atoms with Crippen molar-refractivity contribution < 1.29 is 17.9 Å². The first-order chi connectivity index (χ1) is 9.42. The van der Waals surface area contributed by atoms with Gasteiger partial charge in [-0.2, -0.15) is 5.26 Å². The number of nitriles is 1. The Morgan fingerprint density at radius 2 is 2.05 bits per heavy atom. The predicted octanol–water partition coefficient (Wildman–Crippen LogP) is 0.984. The Balaban J connectivity index is 2.18. The van der Waals surface area contributed by atoms with Crippen LogP contribution in [0.25, 0.3) is 0 Å². The van der Waals surface area contributed by atoms with Crippen molar-refractivity contribution in [2.45, 2.75) is 24.7 Å². The van der Waals surface area contributed by atoms with E-state index in [1.807, 2.05) is 6.07 Å². The summed E-state index contributed by atoms with van der Waals surface area (Å²) < 4.78 is 39.3. The lowest BCUT2D eigenvalue weighted by molar-refractivity contribution is 0.113. The normalized spacial score (nSPS) is 17.9. The Bertz CT molecular complexity index is 632. The van der Waals surface area contributed by atoms with Crippen LogP contribution < -0.4 is 0 Å². The van der Waals surface area contributed by atoms with Gasteiger partial charge in [0.1, 0.15) is 5.82 Å². The summed E-state index contributed by atoms with van der Waals surface area (Å²) in [6.07, 6.45) is 0.306. The second kappa shape index (κ2) is 5.87. The second-order valence-electron chi connectivity index (χ2n) is 4.80. The zero-order chi connectivity index (χ0) is 14.8. The lowest BCUT2D eigenvalue weighted by atomic mass is 10.1. The fourth-order valence-corrected chi connectivity index (χ4v) is 3.73. The summed E-state index contributed by atoms with van der Waals surface area (Å²) in [5, 5.41) is 18.1. The molecule has 0 atom stereocenters. The zero-order valence-corrected chi connectivity index (χ0v) is 11.6. The van der Waals surface area contributed by atoms with Gasteiger partial charge in [-0.05, 0) is 31.0 Å². The Morgan fingerprint density at radius 1 is 1.40 bits per heavy atom. The van der Waals surface area contributed by atoms with Crippen molar-refractivity contribution >= 4 is 10.0 Å². The van der Waals surface area contributed by atoms with E-state index in [4.69, 9.17) is 5.26 Å². The van der Waals surface area contributed by atoms with Crippen molar-refractivity contribution in [3.63, 3.8) is 0 Å². The highest BCUT2D eigenvalue weighted by Gasteiger charge is 2.28.